The quantitative estimate of drug-likeness (QED) is 0.599. The zero-order valence-electron chi connectivity index (χ0n) is 17.2. The molecule has 1 amide bonds. The molecule has 1 aromatic heterocycles. The van der Waals surface area contributed by atoms with Crippen LogP contribution < -0.4 is 24.6 Å². The van der Waals surface area contributed by atoms with Crippen molar-refractivity contribution in [2.75, 3.05) is 21.3 Å². The summed E-state index contributed by atoms with van der Waals surface area (Å²) in [6, 6.07) is 11.2. The molecule has 3 aromatic rings. The first-order valence-electron chi connectivity index (χ1n) is 9.25. The zero-order valence-corrected chi connectivity index (χ0v) is 17.2. The molecule has 0 radical (unpaired) electrons. The molecule has 1 N–H and O–H groups in total. The number of carboxylic acids is 1. The van der Waals surface area contributed by atoms with E-state index in [1.807, 2.05) is 6.07 Å². The minimum absolute atomic E-state index is 0.115. The molecule has 158 valence electrons. The number of methoxy groups -OCH3 is 3. The fourth-order valence-electron chi connectivity index (χ4n) is 3.47. The number of carboxylic acid groups (broad SMARTS) is 1. The predicted molar refractivity (Wildman–Crippen MR) is 109 cm³/mol. The van der Waals surface area contributed by atoms with Gasteiger partial charge in [-0.05, 0) is 24.1 Å². The van der Waals surface area contributed by atoms with Crippen molar-refractivity contribution in [3.8, 4) is 17.2 Å². The summed E-state index contributed by atoms with van der Waals surface area (Å²) in [5.41, 5.74) is 1.66. The Bertz CT molecular complexity index is 1070. The van der Waals surface area contributed by atoms with Crippen molar-refractivity contribution in [2.45, 2.75) is 12.5 Å². The average molecular weight is 411 g/mol. The van der Waals surface area contributed by atoms with E-state index in [-0.39, 0.29) is 12.1 Å². The second kappa shape index (κ2) is 8.77. The summed E-state index contributed by atoms with van der Waals surface area (Å²) in [6.07, 6.45) is 0.115. The van der Waals surface area contributed by atoms with Crippen molar-refractivity contribution in [1.29, 1.82) is 0 Å². The highest BCUT2D eigenvalue weighted by atomic mass is 16.5. The Labute approximate surface area is 174 Å². The molecular formula is C22H23N2O6-. The number of carbonyl (C=O) groups is 2. The van der Waals surface area contributed by atoms with Crippen LogP contribution in [0.4, 0.5) is 0 Å². The van der Waals surface area contributed by atoms with E-state index >= 15 is 0 Å². The molecule has 0 aliphatic heterocycles. The van der Waals surface area contributed by atoms with Crippen LogP contribution >= 0.6 is 0 Å². The van der Waals surface area contributed by atoms with Crippen LogP contribution in [0.25, 0.3) is 10.9 Å². The Morgan fingerprint density at radius 1 is 1.03 bits per heavy atom. The number of amides is 1. The Morgan fingerprint density at radius 3 is 2.27 bits per heavy atom. The molecule has 0 aliphatic rings. The fraction of sp³-hybridized carbons (Fsp3) is 0.273. The van der Waals surface area contributed by atoms with Crippen LogP contribution in [0.2, 0.25) is 0 Å². The van der Waals surface area contributed by atoms with E-state index in [0.717, 1.165) is 5.56 Å². The van der Waals surface area contributed by atoms with Gasteiger partial charge in [-0.2, -0.15) is 0 Å². The van der Waals surface area contributed by atoms with E-state index in [1.165, 1.54) is 21.3 Å². The topological polar surface area (TPSA) is 102 Å². The minimum atomic E-state index is -1.35. The van der Waals surface area contributed by atoms with Gasteiger partial charge in [0.1, 0.15) is 5.69 Å². The molecule has 0 saturated carbocycles. The van der Waals surface area contributed by atoms with Gasteiger partial charge in [0.2, 0.25) is 5.75 Å². The summed E-state index contributed by atoms with van der Waals surface area (Å²) in [6.45, 7) is 0. The Hall–Kier alpha value is -3.68. The lowest BCUT2D eigenvalue weighted by atomic mass is 10.1. The van der Waals surface area contributed by atoms with Crippen LogP contribution in [0.1, 0.15) is 16.1 Å². The molecule has 8 heteroatoms. The maximum atomic E-state index is 12.9. The molecule has 1 heterocycles. The predicted octanol–water partition coefficient (Wildman–Crippen LogP) is 1.30. The molecule has 0 fully saturated rings. The number of benzene rings is 2. The van der Waals surface area contributed by atoms with E-state index in [1.54, 1.807) is 48.0 Å². The number of aliphatic carboxylic acids is 1. The molecule has 1 atom stereocenters. The summed E-state index contributed by atoms with van der Waals surface area (Å²) in [5, 5.41) is 14.8. The van der Waals surface area contributed by atoms with Crippen LogP contribution in [0.15, 0.2) is 42.5 Å². The summed E-state index contributed by atoms with van der Waals surface area (Å²) < 4.78 is 17.9. The van der Waals surface area contributed by atoms with Gasteiger partial charge >= 0.3 is 0 Å². The number of aromatic nitrogens is 1. The first-order chi connectivity index (χ1) is 14.4. The smallest absolute Gasteiger partial charge is 0.268 e. The van der Waals surface area contributed by atoms with Crippen LogP contribution in [0, 0.1) is 0 Å². The maximum Gasteiger partial charge on any atom is 0.268 e. The Kier molecular flexibility index (Phi) is 6.15. The van der Waals surface area contributed by atoms with E-state index in [0.29, 0.717) is 28.2 Å². The summed E-state index contributed by atoms with van der Waals surface area (Å²) >= 11 is 0. The van der Waals surface area contributed by atoms with E-state index in [4.69, 9.17) is 14.2 Å². The first kappa shape index (κ1) is 21.0. The molecule has 0 bridgehead atoms. The summed E-state index contributed by atoms with van der Waals surface area (Å²) in [7, 11) is 6.19. The lowest BCUT2D eigenvalue weighted by Gasteiger charge is -2.20. The number of hydrogen-bond acceptors (Lipinski definition) is 6. The minimum Gasteiger partial charge on any atom is -0.548 e. The third-order valence-electron chi connectivity index (χ3n) is 4.93. The highest BCUT2D eigenvalue weighted by molar-refractivity contribution is 6.02. The van der Waals surface area contributed by atoms with Crippen LogP contribution in [0.3, 0.4) is 0 Å². The van der Waals surface area contributed by atoms with Crippen LogP contribution in [-0.4, -0.2) is 43.8 Å². The van der Waals surface area contributed by atoms with Crippen LogP contribution in [-0.2, 0) is 18.3 Å². The number of ether oxygens (including phenoxy) is 3. The second-order valence-corrected chi connectivity index (χ2v) is 6.71. The third kappa shape index (κ3) is 3.89. The third-order valence-corrected chi connectivity index (χ3v) is 4.93. The average Bonchev–Trinajstić information content (AvgIpc) is 3.08. The molecule has 0 aliphatic carbocycles. The Balaban J connectivity index is 1.98. The molecule has 8 nitrogen and oxygen atoms in total. The maximum absolute atomic E-state index is 12.9. The van der Waals surface area contributed by atoms with Gasteiger partial charge in [-0.1, -0.05) is 30.3 Å². The van der Waals surface area contributed by atoms with Gasteiger partial charge in [0.05, 0.1) is 38.9 Å². The van der Waals surface area contributed by atoms with E-state index in [9.17, 15) is 14.7 Å². The zero-order chi connectivity index (χ0) is 21.8. The lowest BCUT2D eigenvalue weighted by Crippen LogP contribution is -2.49. The number of rotatable bonds is 8. The second-order valence-electron chi connectivity index (χ2n) is 6.71. The largest absolute Gasteiger partial charge is 0.548 e. The monoisotopic (exact) mass is 411 g/mol. The summed E-state index contributed by atoms with van der Waals surface area (Å²) in [4.78, 5) is 24.5. The van der Waals surface area contributed by atoms with Crippen molar-refractivity contribution in [1.82, 2.24) is 9.88 Å². The van der Waals surface area contributed by atoms with Crippen molar-refractivity contribution in [3.05, 3.63) is 53.7 Å². The van der Waals surface area contributed by atoms with E-state index in [2.05, 4.69) is 5.32 Å². The molecule has 30 heavy (non-hydrogen) atoms. The highest BCUT2D eigenvalue weighted by Gasteiger charge is 2.24. The number of carbonyl (C=O) groups excluding carboxylic acids is 2. The normalized spacial score (nSPS) is 11.7. The number of aryl methyl sites for hydroxylation is 1. The highest BCUT2D eigenvalue weighted by Crippen LogP contribution is 2.44. The Morgan fingerprint density at radius 2 is 1.70 bits per heavy atom. The molecule has 0 unspecified atom stereocenters. The van der Waals surface area contributed by atoms with Crippen molar-refractivity contribution in [2.24, 2.45) is 7.05 Å². The number of hydrogen-bond donors (Lipinski definition) is 1. The lowest BCUT2D eigenvalue weighted by molar-refractivity contribution is -0.308. The fourth-order valence-corrected chi connectivity index (χ4v) is 3.47. The number of nitrogens with one attached hydrogen (secondary N) is 1. The van der Waals surface area contributed by atoms with Crippen molar-refractivity contribution < 1.29 is 28.9 Å². The molecular weight excluding hydrogens is 388 g/mol. The van der Waals surface area contributed by atoms with Gasteiger partial charge in [-0.25, -0.2) is 0 Å². The molecule has 0 saturated heterocycles. The van der Waals surface area contributed by atoms with Crippen molar-refractivity contribution in [3.63, 3.8) is 0 Å². The van der Waals surface area contributed by atoms with Gasteiger partial charge in [-0.15, -0.1) is 0 Å². The standard InChI is InChI=1S/C22H24N2O6/c1-24-16(11-14-12-17(28-2)19(29-3)20(30-4)18(14)24)21(25)23-15(22(26)27)10-13-8-6-5-7-9-13/h5-9,11-12,15H,10H2,1-4H3,(H,23,25)(H,26,27)/p-1/t15-/m0/s1. The summed E-state index contributed by atoms with van der Waals surface area (Å²) in [5.74, 6) is -0.631. The van der Waals surface area contributed by atoms with E-state index < -0.39 is 17.9 Å². The number of fused-ring (bicyclic) bond motifs is 1. The van der Waals surface area contributed by atoms with Gasteiger partial charge in [0.15, 0.2) is 11.5 Å². The molecule has 3 rings (SSSR count). The number of nitrogens with zero attached hydrogens (tertiary/aromatic N) is 1. The molecule has 0 spiro atoms. The molecule has 2 aromatic carbocycles. The van der Waals surface area contributed by atoms with Gasteiger partial charge in [0, 0.05) is 12.4 Å². The first-order valence-corrected chi connectivity index (χ1v) is 9.25. The van der Waals surface area contributed by atoms with Crippen molar-refractivity contribution >= 4 is 22.8 Å². The van der Waals surface area contributed by atoms with Gasteiger partial charge in [0.25, 0.3) is 5.91 Å². The van der Waals surface area contributed by atoms with Crippen LogP contribution in [0.5, 0.6) is 17.2 Å². The van der Waals surface area contributed by atoms with Gasteiger partial charge < -0.3 is 34.0 Å². The SMILES string of the molecule is COc1cc2cc(C(=O)N[C@@H](Cc3ccccc3)C(=O)[O-])n(C)c2c(OC)c1OC. The van der Waals surface area contributed by atoms with Gasteiger partial charge in [-0.3, -0.25) is 4.79 Å².